The van der Waals surface area contributed by atoms with Crippen LogP contribution in [-0.2, 0) is 0 Å². The van der Waals surface area contributed by atoms with Crippen LogP contribution in [0.25, 0.3) is 121 Å². The summed E-state index contributed by atoms with van der Waals surface area (Å²) in [7, 11) is 0. The van der Waals surface area contributed by atoms with E-state index in [2.05, 4.69) is 188 Å². The van der Waals surface area contributed by atoms with E-state index in [-0.39, 0.29) is 0 Å². The summed E-state index contributed by atoms with van der Waals surface area (Å²) in [5.74, 6) is 0.738. The first-order valence-corrected chi connectivity index (χ1v) is 19.2. The second-order valence-electron chi connectivity index (χ2n) is 14.8. The first-order chi connectivity index (χ1) is 27.8. The Bertz CT molecular complexity index is 3340. The molecule has 0 aliphatic heterocycles. The molecule has 0 spiro atoms. The van der Waals surface area contributed by atoms with Gasteiger partial charge in [0.15, 0.2) is 5.82 Å². The van der Waals surface area contributed by atoms with Gasteiger partial charge in [-0.2, -0.15) is 0 Å². The van der Waals surface area contributed by atoms with Crippen LogP contribution < -0.4 is 0 Å². The molecule has 0 N–H and O–H groups in total. The van der Waals surface area contributed by atoms with E-state index < -0.39 is 0 Å². The molecule has 2 nitrogen and oxygen atoms in total. The van der Waals surface area contributed by atoms with Crippen molar-refractivity contribution in [2.75, 3.05) is 0 Å². The Balaban J connectivity index is 1.07. The largest absolute Gasteiger partial charge is 0.227 e. The highest BCUT2D eigenvalue weighted by Gasteiger charge is 2.28. The first-order valence-electron chi connectivity index (χ1n) is 19.2. The number of fused-ring (bicyclic) bond motifs is 7. The zero-order valence-corrected chi connectivity index (χ0v) is 30.4. The summed E-state index contributed by atoms with van der Waals surface area (Å²) < 4.78 is 0. The van der Waals surface area contributed by atoms with E-state index in [0.717, 1.165) is 33.9 Å². The van der Waals surface area contributed by atoms with E-state index in [1.54, 1.807) is 0 Å². The summed E-state index contributed by atoms with van der Waals surface area (Å²) >= 11 is 0. The van der Waals surface area contributed by atoms with Gasteiger partial charge in [0.1, 0.15) is 0 Å². The lowest BCUT2D eigenvalue weighted by Crippen LogP contribution is -1.97. The second kappa shape index (κ2) is 12.0. The third-order valence-corrected chi connectivity index (χ3v) is 11.8. The van der Waals surface area contributed by atoms with Gasteiger partial charge in [0, 0.05) is 22.3 Å². The fraction of sp³-hybridized carbons (Fsp3) is 0. The number of aromatic nitrogens is 2. The van der Waals surface area contributed by atoms with Gasteiger partial charge in [0.2, 0.25) is 0 Å². The third kappa shape index (κ3) is 4.57. The van der Waals surface area contributed by atoms with Crippen molar-refractivity contribution < 1.29 is 0 Å². The Morgan fingerprint density at radius 3 is 1.48 bits per heavy atom. The van der Waals surface area contributed by atoms with Crippen molar-refractivity contribution >= 4 is 53.9 Å². The molecule has 1 aliphatic rings. The maximum Gasteiger partial charge on any atom is 0.160 e. The van der Waals surface area contributed by atoms with Crippen LogP contribution in [0.15, 0.2) is 194 Å². The van der Waals surface area contributed by atoms with Crippen molar-refractivity contribution in [1.82, 2.24) is 9.97 Å². The van der Waals surface area contributed by atoms with Gasteiger partial charge in [0.25, 0.3) is 0 Å². The Labute approximate surface area is 324 Å². The van der Waals surface area contributed by atoms with Gasteiger partial charge in [0.05, 0.1) is 11.4 Å². The lowest BCUT2D eigenvalue weighted by molar-refractivity contribution is 1.19. The summed E-state index contributed by atoms with van der Waals surface area (Å²) in [5, 5.41) is 12.5. The Morgan fingerprint density at radius 1 is 0.268 bits per heavy atom. The number of nitrogens with zero attached hydrogens (tertiary/aromatic N) is 2. The molecule has 0 saturated heterocycles. The van der Waals surface area contributed by atoms with Crippen molar-refractivity contribution in [2.24, 2.45) is 0 Å². The lowest BCUT2D eigenvalue weighted by Gasteiger charge is -2.19. The van der Waals surface area contributed by atoms with Crippen LogP contribution >= 0.6 is 0 Å². The van der Waals surface area contributed by atoms with Gasteiger partial charge in [-0.15, -0.1) is 0 Å². The molecule has 0 amide bonds. The summed E-state index contributed by atoms with van der Waals surface area (Å²) in [6.07, 6.45) is 0. The molecule has 1 aliphatic carbocycles. The molecule has 0 fully saturated rings. The normalized spacial score (nSPS) is 11.9. The fourth-order valence-corrected chi connectivity index (χ4v) is 9.29. The topological polar surface area (TPSA) is 25.8 Å². The molecule has 1 aromatic heterocycles. The average molecular weight is 709 g/mol. The van der Waals surface area contributed by atoms with Gasteiger partial charge in [-0.25, -0.2) is 9.97 Å². The van der Waals surface area contributed by atoms with Gasteiger partial charge < -0.3 is 0 Å². The van der Waals surface area contributed by atoms with Crippen LogP contribution in [0.3, 0.4) is 0 Å². The van der Waals surface area contributed by atoms with Gasteiger partial charge in [-0.05, 0) is 93.8 Å². The smallest absolute Gasteiger partial charge is 0.160 e. The number of hydrogen-bond acceptors (Lipinski definition) is 2. The van der Waals surface area contributed by atoms with Gasteiger partial charge in [-0.1, -0.05) is 182 Å². The Morgan fingerprint density at radius 2 is 0.786 bits per heavy atom. The highest BCUT2D eigenvalue weighted by atomic mass is 14.9. The predicted molar refractivity (Wildman–Crippen MR) is 236 cm³/mol. The van der Waals surface area contributed by atoms with Crippen molar-refractivity contribution in [1.29, 1.82) is 0 Å². The molecule has 0 bridgehead atoms. The van der Waals surface area contributed by atoms with Crippen LogP contribution in [0, 0.1) is 0 Å². The Kier molecular flexibility index (Phi) is 6.66. The van der Waals surface area contributed by atoms with Crippen LogP contribution in [0.5, 0.6) is 0 Å². The Hall–Kier alpha value is -7.42. The minimum atomic E-state index is 0.738. The van der Waals surface area contributed by atoms with E-state index in [1.807, 2.05) is 6.07 Å². The maximum atomic E-state index is 5.34. The predicted octanol–water partition coefficient (Wildman–Crippen LogP) is 14.6. The standard InChI is InChI=1S/C54H32N2/c1-2-13-36(14-3-1)54-55-52(51-45-25-10-17-33-18-11-26-46(49(33)45)53(51)56-54)35-29-27-34(28-30-35)48-40-20-6-8-22-42(40)50(43-23-9-7-21-41(43)48)44-24-12-19-39-31-37-15-4-5-16-38(37)32-47(39)44/h1-32H. The molecular weight excluding hydrogens is 677 g/mol. The zero-order valence-electron chi connectivity index (χ0n) is 30.4. The molecule has 0 radical (unpaired) electrons. The van der Waals surface area contributed by atoms with Crippen LogP contribution in [0.1, 0.15) is 0 Å². The highest BCUT2D eigenvalue weighted by molar-refractivity contribution is 6.24. The molecule has 2 heteroatoms. The molecule has 11 aromatic rings. The van der Waals surface area contributed by atoms with Crippen LogP contribution in [0.4, 0.5) is 0 Å². The molecule has 0 unspecified atom stereocenters. The summed E-state index contributed by atoms with van der Waals surface area (Å²) in [5.41, 5.74) is 12.5. The van der Waals surface area contributed by atoms with Crippen LogP contribution in [-0.4, -0.2) is 9.97 Å². The van der Waals surface area contributed by atoms with Crippen LogP contribution in [0.2, 0.25) is 0 Å². The summed E-state index contributed by atoms with van der Waals surface area (Å²) in [4.78, 5) is 10.6. The minimum absolute atomic E-state index is 0.738. The van der Waals surface area contributed by atoms with Crippen molar-refractivity contribution in [3.05, 3.63) is 194 Å². The maximum absolute atomic E-state index is 5.34. The fourth-order valence-electron chi connectivity index (χ4n) is 9.29. The van der Waals surface area contributed by atoms with Crippen molar-refractivity contribution in [3.8, 4) is 67.3 Å². The molecule has 0 saturated carbocycles. The summed E-state index contributed by atoms with van der Waals surface area (Å²) in [6, 6.07) is 70.4. The van der Waals surface area contributed by atoms with E-state index >= 15 is 0 Å². The molecule has 0 atom stereocenters. The second-order valence-corrected chi connectivity index (χ2v) is 14.8. The average Bonchev–Trinajstić information content (AvgIpc) is 3.59. The van der Waals surface area contributed by atoms with Gasteiger partial charge in [-0.3, -0.25) is 0 Å². The summed E-state index contributed by atoms with van der Waals surface area (Å²) in [6.45, 7) is 0. The van der Waals surface area contributed by atoms with Crippen molar-refractivity contribution in [3.63, 3.8) is 0 Å². The molecule has 56 heavy (non-hydrogen) atoms. The molecule has 10 aromatic carbocycles. The number of benzene rings is 10. The zero-order chi connectivity index (χ0) is 36.7. The minimum Gasteiger partial charge on any atom is -0.227 e. The SMILES string of the molecule is c1ccc(-c2nc(-c3ccc(-c4c5ccccc5c(-c5cccc6cc7ccccc7cc56)c5ccccc45)cc3)c3c(n2)-c2cccc4cccc-3c24)cc1. The number of rotatable bonds is 4. The quantitative estimate of drug-likeness (QED) is 0.170. The molecule has 1 heterocycles. The van der Waals surface area contributed by atoms with E-state index in [1.165, 1.54) is 87.2 Å². The van der Waals surface area contributed by atoms with E-state index in [4.69, 9.17) is 9.97 Å². The number of hydrogen-bond donors (Lipinski definition) is 0. The molecule has 258 valence electrons. The first kappa shape index (κ1) is 31.0. The molecular formula is C54H32N2. The van der Waals surface area contributed by atoms with E-state index in [0.29, 0.717) is 0 Å². The lowest BCUT2D eigenvalue weighted by atomic mass is 9.84. The highest BCUT2D eigenvalue weighted by Crippen LogP contribution is 2.51. The third-order valence-electron chi connectivity index (χ3n) is 11.8. The van der Waals surface area contributed by atoms with E-state index in [9.17, 15) is 0 Å². The van der Waals surface area contributed by atoms with Gasteiger partial charge >= 0.3 is 0 Å². The van der Waals surface area contributed by atoms with Crippen molar-refractivity contribution in [2.45, 2.75) is 0 Å². The molecule has 12 rings (SSSR count). The monoisotopic (exact) mass is 708 g/mol.